The number of carbonyl (C=O) groups is 1. The van der Waals surface area contributed by atoms with Gasteiger partial charge in [-0.1, -0.05) is 24.8 Å². The highest BCUT2D eigenvalue weighted by Gasteiger charge is 2.41. The second-order valence-electron chi connectivity index (χ2n) is 10.6. The van der Waals surface area contributed by atoms with E-state index in [0.717, 1.165) is 65.2 Å². The Hall–Kier alpha value is -3.45. The van der Waals surface area contributed by atoms with E-state index in [1.165, 1.54) is 12.8 Å². The normalized spacial score (nSPS) is 19.9. The van der Waals surface area contributed by atoms with Crippen molar-refractivity contribution < 1.29 is 9.53 Å². The monoisotopic (exact) mass is 497 g/mol. The molecule has 2 N–H and O–H groups in total. The van der Waals surface area contributed by atoms with Gasteiger partial charge in [0, 0.05) is 43.6 Å². The van der Waals surface area contributed by atoms with Gasteiger partial charge in [-0.15, -0.1) is 0 Å². The van der Waals surface area contributed by atoms with Crippen LogP contribution in [0.4, 0.5) is 11.5 Å². The number of pyridine rings is 2. The van der Waals surface area contributed by atoms with E-state index in [1.54, 1.807) is 13.2 Å². The number of nitrogens with two attached hydrogens (primary N) is 1. The third kappa shape index (κ3) is 4.68. The van der Waals surface area contributed by atoms with Crippen molar-refractivity contribution in [3.8, 4) is 11.1 Å². The molecular formula is C30H35N5O2. The van der Waals surface area contributed by atoms with Crippen LogP contribution < -0.4 is 10.6 Å². The molecule has 1 aliphatic heterocycles. The first-order valence-corrected chi connectivity index (χ1v) is 13.4. The maximum absolute atomic E-state index is 12.9. The van der Waals surface area contributed by atoms with Gasteiger partial charge in [-0.3, -0.25) is 4.79 Å². The minimum atomic E-state index is 0.192. The molecule has 0 spiro atoms. The molecule has 2 aliphatic carbocycles. The van der Waals surface area contributed by atoms with Crippen LogP contribution in [-0.2, 0) is 9.53 Å². The molecule has 3 fully saturated rings. The molecule has 2 saturated carbocycles. The van der Waals surface area contributed by atoms with E-state index in [-0.39, 0.29) is 11.9 Å². The van der Waals surface area contributed by atoms with Crippen LogP contribution in [0.5, 0.6) is 0 Å². The second kappa shape index (κ2) is 9.78. The lowest BCUT2D eigenvalue weighted by Gasteiger charge is -2.43. The highest BCUT2D eigenvalue weighted by molar-refractivity contribution is 5.96. The average molecular weight is 498 g/mol. The second-order valence-corrected chi connectivity index (χ2v) is 10.6. The number of hydrogen-bond donors (Lipinski definition) is 1. The zero-order valence-electron chi connectivity index (χ0n) is 21.5. The zero-order valence-corrected chi connectivity index (χ0v) is 21.5. The molecule has 37 heavy (non-hydrogen) atoms. The molecule has 1 aromatic carbocycles. The van der Waals surface area contributed by atoms with Crippen LogP contribution in [0.1, 0.15) is 49.4 Å². The number of amides is 1. The van der Waals surface area contributed by atoms with E-state index in [1.807, 2.05) is 12.1 Å². The summed E-state index contributed by atoms with van der Waals surface area (Å²) >= 11 is 0. The summed E-state index contributed by atoms with van der Waals surface area (Å²) < 4.78 is 5.16. The summed E-state index contributed by atoms with van der Waals surface area (Å²) in [5.74, 6) is 2.09. The van der Waals surface area contributed by atoms with E-state index in [4.69, 9.17) is 20.4 Å². The van der Waals surface area contributed by atoms with Crippen LogP contribution >= 0.6 is 0 Å². The summed E-state index contributed by atoms with van der Waals surface area (Å²) in [6.45, 7) is 6.55. The number of benzene rings is 1. The molecule has 1 atom stereocenters. The fraction of sp³-hybridized carbons (Fsp3) is 0.433. The number of anilines is 2. The van der Waals surface area contributed by atoms with Crippen molar-refractivity contribution in [3.63, 3.8) is 0 Å². The molecule has 3 aliphatic rings. The number of nitrogens with zero attached hydrogens (tertiary/aromatic N) is 4. The summed E-state index contributed by atoms with van der Waals surface area (Å²) in [6, 6.07) is 12.7. The number of rotatable bonds is 8. The topological polar surface area (TPSA) is 84.6 Å². The summed E-state index contributed by atoms with van der Waals surface area (Å²) in [7, 11) is 1.65. The Morgan fingerprint density at radius 3 is 2.70 bits per heavy atom. The third-order valence-corrected chi connectivity index (χ3v) is 8.00. The maximum Gasteiger partial charge on any atom is 0.225 e. The average Bonchev–Trinajstić information content (AvgIpc) is 3.84. The Morgan fingerprint density at radius 2 is 1.97 bits per heavy atom. The van der Waals surface area contributed by atoms with Crippen molar-refractivity contribution >= 4 is 34.4 Å². The molecule has 3 aromatic rings. The minimum Gasteiger partial charge on any atom is -0.396 e. The molecule has 0 bridgehead atoms. The predicted molar refractivity (Wildman–Crippen MR) is 148 cm³/mol. The van der Waals surface area contributed by atoms with Crippen molar-refractivity contribution in [1.29, 1.82) is 0 Å². The fourth-order valence-electron chi connectivity index (χ4n) is 5.72. The highest BCUT2D eigenvalue weighted by atomic mass is 16.5. The van der Waals surface area contributed by atoms with Crippen LogP contribution in [0.25, 0.3) is 28.1 Å². The van der Waals surface area contributed by atoms with Crippen molar-refractivity contribution in [2.24, 2.45) is 5.92 Å². The van der Waals surface area contributed by atoms with Crippen molar-refractivity contribution in [3.05, 3.63) is 54.4 Å². The first-order chi connectivity index (χ1) is 18.1. The van der Waals surface area contributed by atoms with E-state index in [2.05, 4.69) is 40.6 Å². The van der Waals surface area contributed by atoms with Crippen molar-refractivity contribution in [2.75, 3.05) is 44.0 Å². The lowest BCUT2D eigenvalue weighted by atomic mass is 9.96. The molecule has 7 nitrogen and oxygen atoms in total. The van der Waals surface area contributed by atoms with Crippen LogP contribution in [0, 0.1) is 5.92 Å². The standard InChI is InChI=1S/C30H35N5O2/c1-3-21-11-12-23-22(5-4-6-26(23)32-21)24-17-25(31)30(33-29(24)20-9-10-20)34-14-15-35(28(36)13-16-37-2)27(18-34)19-7-8-19/h3-6,11-12,17,19-20,27H,1,7-10,13-16,18,31H2,2H3/t27-/m0/s1. The zero-order chi connectivity index (χ0) is 25.5. The SMILES string of the molecule is C=Cc1ccc2c(-c3cc(N)c(N4CCN(C(=O)CCOC)[C@H](C5CC5)C4)nc3C3CC3)cccc2n1. The molecule has 6 rings (SSSR count). The van der Waals surface area contributed by atoms with Crippen LogP contribution in [0.3, 0.4) is 0 Å². The van der Waals surface area contributed by atoms with Gasteiger partial charge in [-0.2, -0.15) is 0 Å². The van der Waals surface area contributed by atoms with Gasteiger partial charge in [0.25, 0.3) is 0 Å². The Labute approximate surface area is 218 Å². The lowest BCUT2D eigenvalue weighted by molar-refractivity contribution is -0.135. The van der Waals surface area contributed by atoms with E-state index in [0.29, 0.717) is 37.1 Å². The maximum atomic E-state index is 12.9. The Morgan fingerprint density at radius 1 is 1.14 bits per heavy atom. The van der Waals surface area contributed by atoms with Gasteiger partial charge in [0.15, 0.2) is 5.82 Å². The lowest BCUT2D eigenvalue weighted by Crippen LogP contribution is -2.56. The van der Waals surface area contributed by atoms with Crippen LogP contribution in [0.2, 0.25) is 0 Å². The van der Waals surface area contributed by atoms with Gasteiger partial charge in [-0.25, -0.2) is 9.97 Å². The molecular weight excluding hydrogens is 462 g/mol. The number of piperazine rings is 1. The minimum absolute atomic E-state index is 0.192. The molecule has 7 heteroatoms. The smallest absolute Gasteiger partial charge is 0.225 e. The quantitative estimate of drug-likeness (QED) is 0.478. The first-order valence-electron chi connectivity index (χ1n) is 13.4. The van der Waals surface area contributed by atoms with Gasteiger partial charge >= 0.3 is 0 Å². The summed E-state index contributed by atoms with van der Waals surface area (Å²) in [6.07, 6.45) is 6.89. The van der Waals surface area contributed by atoms with Gasteiger partial charge in [0.2, 0.25) is 5.91 Å². The molecule has 3 heterocycles. The number of hydrogen-bond acceptors (Lipinski definition) is 6. The molecule has 1 saturated heterocycles. The number of aromatic nitrogens is 2. The van der Waals surface area contributed by atoms with Gasteiger partial charge in [0.1, 0.15) is 0 Å². The molecule has 1 amide bonds. The number of fused-ring (bicyclic) bond motifs is 1. The number of ether oxygens (including phenoxy) is 1. The number of methoxy groups -OCH3 is 1. The summed E-state index contributed by atoms with van der Waals surface area (Å²) in [5, 5.41) is 1.10. The first kappa shape index (κ1) is 23.9. The van der Waals surface area contributed by atoms with E-state index >= 15 is 0 Å². The highest BCUT2D eigenvalue weighted by Crippen LogP contribution is 2.47. The third-order valence-electron chi connectivity index (χ3n) is 8.00. The van der Waals surface area contributed by atoms with Crippen molar-refractivity contribution in [2.45, 2.75) is 44.1 Å². The largest absolute Gasteiger partial charge is 0.396 e. The van der Waals surface area contributed by atoms with Crippen molar-refractivity contribution in [1.82, 2.24) is 14.9 Å². The Kier molecular flexibility index (Phi) is 6.32. The summed E-state index contributed by atoms with van der Waals surface area (Å²) in [4.78, 5) is 27.3. The van der Waals surface area contributed by atoms with Crippen LogP contribution in [0.15, 0.2) is 43.0 Å². The Bertz CT molecular complexity index is 1350. The fourth-order valence-corrected chi connectivity index (χ4v) is 5.72. The molecule has 0 radical (unpaired) electrons. The molecule has 192 valence electrons. The number of nitrogen functional groups attached to an aromatic ring is 1. The Balaban J connectivity index is 1.34. The van der Waals surface area contributed by atoms with Crippen LogP contribution in [-0.4, -0.2) is 60.2 Å². The van der Waals surface area contributed by atoms with E-state index in [9.17, 15) is 4.79 Å². The molecule has 0 unspecified atom stereocenters. The van der Waals surface area contributed by atoms with Gasteiger partial charge in [0.05, 0.1) is 41.7 Å². The van der Waals surface area contributed by atoms with E-state index < -0.39 is 0 Å². The van der Waals surface area contributed by atoms with Gasteiger partial charge in [-0.05, 0) is 61.4 Å². The van der Waals surface area contributed by atoms with Gasteiger partial charge < -0.3 is 20.3 Å². The molecule has 2 aromatic heterocycles. The number of carbonyl (C=O) groups excluding carboxylic acids is 1. The predicted octanol–water partition coefficient (Wildman–Crippen LogP) is 4.86. The summed E-state index contributed by atoms with van der Waals surface area (Å²) in [5.41, 5.74) is 12.6.